The van der Waals surface area contributed by atoms with Gasteiger partial charge in [-0.05, 0) is 57.1 Å². The van der Waals surface area contributed by atoms with Crippen LogP contribution in [-0.2, 0) is 0 Å². The van der Waals surface area contributed by atoms with Gasteiger partial charge in [-0.1, -0.05) is 6.42 Å². The van der Waals surface area contributed by atoms with Crippen LogP contribution in [-0.4, -0.2) is 40.2 Å². The maximum Gasteiger partial charge on any atom is 0.337 e. The summed E-state index contributed by atoms with van der Waals surface area (Å²) in [5, 5.41) is 13.2. The van der Waals surface area contributed by atoms with E-state index in [1.54, 1.807) is 6.07 Å². The van der Waals surface area contributed by atoms with Crippen LogP contribution in [0.5, 0.6) is 0 Å². The molecule has 0 saturated heterocycles. The Hall–Kier alpha value is -2.24. The molecule has 0 spiro atoms. The van der Waals surface area contributed by atoms with Gasteiger partial charge in [0.05, 0.1) is 22.3 Å². The van der Waals surface area contributed by atoms with E-state index in [0.29, 0.717) is 11.6 Å². The van der Waals surface area contributed by atoms with Gasteiger partial charge in [-0.15, -0.1) is 0 Å². The third-order valence-corrected chi connectivity index (χ3v) is 5.99. The van der Waals surface area contributed by atoms with Crippen molar-refractivity contribution in [2.45, 2.75) is 45.6 Å². The zero-order chi connectivity index (χ0) is 17.6. The van der Waals surface area contributed by atoms with E-state index >= 15 is 0 Å². The van der Waals surface area contributed by atoms with Crippen molar-refractivity contribution in [3.8, 4) is 0 Å². The molecular formula is C19H26N4O2. The van der Waals surface area contributed by atoms with Crippen molar-refractivity contribution < 1.29 is 9.90 Å². The molecule has 25 heavy (non-hydrogen) atoms. The van der Waals surface area contributed by atoms with Crippen molar-refractivity contribution in [2.75, 3.05) is 23.3 Å². The molecule has 1 aromatic heterocycles. The predicted octanol–water partition coefficient (Wildman–Crippen LogP) is 3.71. The van der Waals surface area contributed by atoms with Gasteiger partial charge in [0, 0.05) is 19.1 Å². The van der Waals surface area contributed by atoms with Crippen LogP contribution >= 0.6 is 0 Å². The van der Waals surface area contributed by atoms with Crippen LogP contribution in [0.25, 0.3) is 11.0 Å². The molecule has 2 fully saturated rings. The average Bonchev–Trinajstić information content (AvgIpc) is 3.29. The quantitative estimate of drug-likeness (QED) is 0.745. The Morgan fingerprint density at radius 3 is 2.72 bits per heavy atom. The van der Waals surface area contributed by atoms with Crippen molar-refractivity contribution in [2.24, 2.45) is 11.8 Å². The van der Waals surface area contributed by atoms with Crippen LogP contribution in [0.15, 0.2) is 12.1 Å². The fraction of sp³-hybridized carbons (Fsp3) is 0.579. The number of nitrogens with zero attached hydrogens (tertiary/aromatic N) is 2. The van der Waals surface area contributed by atoms with Gasteiger partial charge in [0.2, 0.25) is 5.95 Å². The van der Waals surface area contributed by atoms with Gasteiger partial charge in [-0.25, -0.2) is 9.78 Å². The SMILES string of the molecule is CCN(CC)c1cc2nc(NC3CC4CCC3C4)[nH]c2cc1C(=O)O. The number of anilines is 2. The van der Waals surface area contributed by atoms with Crippen molar-refractivity contribution in [3.05, 3.63) is 17.7 Å². The number of aromatic nitrogens is 2. The average molecular weight is 342 g/mol. The lowest BCUT2D eigenvalue weighted by Crippen LogP contribution is -2.26. The second kappa shape index (κ2) is 6.24. The number of hydrogen-bond acceptors (Lipinski definition) is 4. The predicted molar refractivity (Wildman–Crippen MR) is 99.5 cm³/mol. The maximum absolute atomic E-state index is 11.7. The molecule has 4 rings (SSSR count). The molecule has 3 atom stereocenters. The first-order chi connectivity index (χ1) is 12.1. The molecule has 0 radical (unpaired) electrons. The highest BCUT2D eigenvalue weighted by atomic mass is 16.4. The van der Waals surface area contributed by atoms with E-state index in [-0.39, 0.29) is 0 Å². The fourth-order valence-electron chi connectivity index (χ4n) is 4.71. The number of nitrogens with one attached hydrogen (secondary N) is 2. The number of hydrogen-bond donors (Lipinski definition) is 3. The van der Waals surface area contributed by atoms with E-state index in [1.165, 1.54) is 25.7 Å². The third-order valence-electron chi connectivity index (χ3n) is 5.99. The summed E-state index contributed by atoms with van der Waals surface area (Å²) in [7, 11) is 0. The number of benzene rings is 1. The van der Waals surface area contributed by atoms with E-state index in [4.69, 9.17) is 0 Å². The summed E-state index contributed by atoms with van der Waals surface area (Å²) in [6.07, 6.45) is 5.26. The summed E-state index contributed by atoms with van der Waals surface area (Å²) < 4.78 is 0. The number of fused-ring (bicyclic) bond motifs is 3. The highest BCUT2D eigenvalue weighted by Crippen LogP contribution is 2.45. The molecule has 2 aliphatic rings. The molecule has 6 heteroatoms. The molecule has 2 saturated carbocycles. The van der Waals surface area contributed by atoms with E-state index in [0.717, 1.165) is 47.6 Å². The minimum absolute atomic E-state index is 0.325. The Balaban J connectivity index is 1.66. The van der Waals surface area contributed by atoms with Gasteiger partial charge in [-0.3, -0.25) is 0 Å². The van der Waals surface area contributed by atoms with Gasteiger partial charge >= 0.3 is 5.97 Å². The monoisotopic (exact) mass is 342 g/mol. The van der Waals surface area contributed by atoms with Crippen LogP contribution in [0, 0.1) is 11.8 Å². The fourth-order valence-corrected chi connectivity index (χ4v) is 4.71. The number of carboxylic acid groups (broad SMARTS) is 1. The van der Waals surface area contributed by atoms with Crippen LogP contribution in [0.2, 0.25) is 0 Å². The van der Waals surface area contributed by atoms with Crippen LogP contribution in [0.1, 0.15) is 49.9 Å². The summed E-state index contributed by atoms with van der Waals surface area (Å²) in [4.78, 5) is 21.7. The summed E-state index contributed by atoms with van der Waals surface area (Å²) in [6, 6.07) is 4.11. The highest BCUT2D eigenvalue weighted by molar-refractivity contribution is 5.99. The zero-order valence-electron chi connectivity index (χ0n) is 14.9. The number of imidazole rings is 1. The van der Waals surface area contributed by atoms with Crippen molar-refractivity contribution >= 4 is 28.6 Å². The molecule has 3 unspecified atom stereocenters. The molecule has 1 aromatic carbocycles. The molecule has 0 aliphatic heterocycles. The Kier molecular flexibility index (Phi) is 4.06. The van der Waals surface area contributed by atoms with E-state index < -0.39 is 5.97 Å². The molecule has 2 bridgehead atoms. The summed E-state index contributed by atoms with van der Waals surface area (Å²) in [6.45, 7) is 5.60. The standard InChI is InChI=1S/C19H26N4O2/c1-3-23(4-2)17-10-16-15(9-13(17)18(24)25)21-19(22-16)20-14-8-11-5-6-12(14)7-11/h9-12,14H,3-8H2,1-2H3,(H,24,25)(H2,20,21,22). The maximum atomic E-state index is 11.7. The lowest BCUT2D eigenvalue weighted by Gasteiger charge is -2.22. The Morgan fingerprint density at radius 2 is 2.12 bits per heavy atom. The minimum Gasteiger partial charge on any atom is -0.478 e. The Bertz CT molecular complexity index is 796. The first-order valence-electron chi connectivity index (χ1n) is 9.37. The lowest BCUT2D eigenvalue weighted by molar-refractivity contribution is 0.0697. The van der Waals surface area contributed by atoms with Crippen molar-refractivity contribution in [1.29, 1.82) is 0 Å². The van der Waals surface area contributed by atoms with E-state index in [9.17, 15) is 9.90 Å². The number of carboxylic acids is 1. The Morgan fingerprint density at radius 1 is 1.32 bits per heavy atom. The minimum atomic E-state index is -0.902. The highest BCUT2D eigenvalue weighted by Gasteiger charge is 2.39. The van der Waals surface area contributed by atoms with Crippen LogP contribution in [0.4, 0.5) is 11.6 Å². The lowest BCUT2D eigenvalue weighted by atomic mass is 9.95. The van der Waals surface area contributed by atoms with E-state index in [2.05, 4.69) is 20.2 Å². The largest absolute Gasteiger partial charge is 0.478 e. The number of H-pyrrole nitrogens is 1. The van der Waals surface area contributed by atoms with Gasteiger partial charge in [0.15, 0.2) is 0 Å². The summed E-state index contributed by atoms with van der Waals surface area (Å²) in [5.74, 6) is 1.50. The second-order valence-electron chi connectivity index (χ2n) is 7.38. The van der Waals surface area contributed by atoms with Gasteiger partial charge < -0.3 is 20.3 Å². The number of aromatic amines is 1. The van der Waals surface area contributed by atoms with Crippen LogP contribution in [0.3, 0.4) is 0 Å². The number of aromatic carboxylic acids is 1. The topological polar surface area (TPSA) is 81.2 Å². The first-order valence-corrected chi connectivity index (χ1v) is 9.37. The molecular weight excluding hydrogens is 316 g/mol. The number of rotatable bonds is 6. The van der Waals surface area contributed by atoms with Gasteiger partial charge in [0.1, 0.15) is 0 Å². The molecule has 1 heterocycles. The molecule has 134 valence electrons. The molecule has 6 nitrogen and oxygen atoms in total. The first kappa shape index (κ1) is 16.2. The normalized spacial score (nSPS) is 24.8. The molecule has 0 amide bonds. The van der Waals surface area contributed by atoms with Crippen molar-refractivity contribution in [1.82, 2.24) is 9.97 Å². The Labute approximate surface area is 147 Å². The number of carbonyl (C=O) groups is 1. The summed E-state index contributed by atoms with van der Waals surface area (Å²) in [5.41, 5.74) is 2.66. The van der Waals surface area contributed by atoms with Gasteiger partial charge in [-0.2, -0.15) is 0 Å². The van der Waals surface area contributed by atoms with Crippen LogP contribution < -0.4 is 10.2 Å². The van der Waals surface area contributed by atoms with Crippen molar-refractivity contribution in [3.63, 3.8) is 0 Å². The zero-order valence-corrected chi connectivity index (χ0v) is 14.9. The molecule has 2 aromatic rings. The second-order valence-corrected chi connectivity index (χ2v) is 7.38. The van der Waals surface area contributed by atoms with E-state index in [1.807, 2.05) is 19.9 Å². The summed E-state index contributed by atoms with van der Waals surface area (Å²) >= 11 is 0. The molecule has 3 N–H and O–H groups in total. The third kappa shape index (κ3) is 2.83. The molecule has 2 aliphatic carbocycles. The smallest absolute Gasteiger partial charge is 0.337 e. The van der Waals surface area contributed by atoms with Gasteiger partial charge in [0.25, 0.3) is 0 Å².